The van der Waals surface area contributed by atoms with Crippen LogP contribution in [-0.2, 0) is 14.8 Å². The highest BCUT2D eigenvalue weighted by Crippen LogP contribution is 2.21. The fourth-order valence-electron chi connectivity index (χ4n) is 3.28. The summed E-state index contributed by atoms with van der Waals surface area (Å²) in [5.41, 5.74) is 0.526. The Morgan fingerprint density at radius 3 is 2.72 bits per heavy atom. The van der Waals surface area contributed by atoms with Crippen molar-refractivity contribution in [2.24, 2.45) is 0 Å². The summed E-state index contributed by atoms with van der Waals surface area (Å²) in [6.07, 6.45) is 2.51. The number of piperazine rings is 1. The highest BCUT2D eigenvalue weighted by Gasteiger charge is 2.27. The molecule has 0 bridgehead atoms. The van der Waals surface area contributed by atoms with Crippen LogP contribution in [-0.4, -0.2) is 69.3 Å². The lowest BCUT2D eigenvalue weighted by molar-refractivity contribution is -0.116. The lowest BCUT2D eigenvalue weighted by Crippen LogP contribution is -2.47. The molecular formula is C17H26N4O3S. The Kier molecular flexibility index (Phi) is 5.73. The van der Waals surface area contributed by atoms with Crippen LogP contribution in [0, 0.1) is 0 Å². The van der Waals surface area contributed by atoms with Crippen molar-refractivity contribution in [3.05, 3.63) is 24.3 Å². The number of amides is 1. The molecule has 2 saturated heterocycles. The van der Waals surface area contributed by atoms with Crippen molar-refractivity contribution < 1.29 is 13.2 Å². The SMILES string of the molecule is CN1CCN(S(=O)(=O)c2cccc(NC(=O)CC3CCCN3)c2)CC1. The molecule has 3 rings (SSSR count). The van der Waals surface area contributed by atoms with Crippen LogP contribution in [0.25, 0.3) is 0 Å². The number of nitrogens with one attached hydrogen (secondary N) is 2. The molecule has 2 heterocycles. The summed E-state index contributed by atoms with van der Waals surface area (Å²) in [6, 6.07) is 6.75. The first-order valence-electron chi connectivity index (χ1n) is 8.77. The van der Waals surface area contributed by atoms with Gasteiger partial charge in [0.25, 0.3) is 0 Å². The van der Waals surface area contributed by atoms with E-state index in [0.717, 1.165) is 32.5 Å². The number of sulfonamides is 1. The molecule has 0 radical (unpaired) electrons. The fraction of sp³-hybridized carbons (Fsp3) is 0.588. The molecule has 2 aliphatic rings. The molecular weight excluding hydrogens is 340 g/mol. The van der Waals surface area contributed by atoms with Gasteiger partial charge in [0.15, 0.2) is 0 Å². The van der Waals surface area contributed by atoms with E-state index in [2.05, 4.69) is 15.5 Å². The molecule has 0 saturated carbocycles. The maximum Gasteiger partial charge on any atom is 0.243 e. The first kappa shape index (κ1) is 18.3. The third-order valence-corrected chi connectivity index (χ3v) is 6.71. The van der Waals surface area contributed by atoms with Crippen molar-refractivity contribution in [3.63, 3.8) is 0 Å². The fourth-order valence-corrected chi connectivity index (χ4v) is 4.75. The van der Waals surface area contributed by atoms with Gasteiger partial charge in [-0.3, -0.25) is 4.79 Å². The van der Waals surface area contributed by atoms with Crippen LogP contribution in [0.15, 0.2) is 29.2 Å². The molecule has 1 amide bonds. The van der Waals surface area contributed by atoms with Crippen molar-refractivity contribution >= 4 is 21.6 Å². The van der Waals surface area contributed by atoms with Gasteiger partial charge < -0.3 is 15.5 Å². The van der Waals surface area contributed by atoms with Gasteiger partial charge in [-0.1, -0.05) is 6.07 Å². The Morgan fingerprint density at radius 1 is 1.28 bits per heavy atom. The number of hydrogen-bond acceptors (Lipinski definition) is 5. The normalized spacial score (nSPS) is 22.8. The van der Waals surface area contributed by atoms with Crippen LogP contribution in [0.1, 0.15) is 19.3 Å². The number of hydrogen-bond donors (Lipinski definition) is 2. The standard InChI is InChI=1S/C17H26N4O3S/c1-20-8-10-21(11-9-20)25(23,24)16-6-2-4-15(12-16)19-17(22)13-14-5-3-7-18-14/h2,4,6,12,14,18H,3,5,7-11,13H2,1H3,(H,19,22). The number of benzene rings is 1. The number of rotatable bonds is 5. The molecule has 138 valence electrons. The van der Waals surface area contributed by atoms with Crippen molar-refractivity contribution in [3.8, 4) is 0 Å². The lowest BCUT2D eigenvalue weighted by Gasteiger charge is -2.31. The summed E-state index contributed by atoms with van der Waals surface area (Å²) in [4.78, 5) is 14.5. The number of nitrogens with zero attached hydrogens (tertiary/aromatic N) is 2. The van der Waals surface area contributed by atoms with Crippen LogP contribution in [0.3, 0.4) is 0 Å². The summed E-state index contributed by atoms with van der Waals surface area (Å²) in [5, 5.41) is 6.11. The molecule has 8 heteroatoms. The van der Waals surface area contributed by atoms with Crippen LogP contribution in [0.5, 0.6) is 0 Å². The van der Waals surface area contributed by atoms with Gasteiger partial charge in [0.05, 0.1) is 4.90 Å². The quantitative estimate of drug-likeness (QED) is 0.802. The summed E-state index contributed by atoms with van der Waals surface area (Å²) in [5.74, 6) is -0.0893. The van der Waals surface area contributed by atoms with Gasteiger partial charge in [-0.15, -0.1) is 0 Å². The van der Waals surface area contributed by atoms with Crippen molar-refractivity contribution in [1.82, 2.24) is 14.5 Å². The molecule has 2 fully saturated rings. The summed E-state index contributed by atoms with van der Waals surface area (Å²) < 4.78 is 27.1. The summed E-state index contributed by atoms with van der Waals surface area (Å²) in [6.45, 7) is 3.39. The first-order chi connectivity index (χ1) is 11.9. The van der Waals surface area contributed by atoms with Gasteiger partial charge in [-0.25, -0.2) is 8.42 Å². The van der Waals surface area contributed by atoms with Crippen LogP contribution in [0.2, 0.25) is 0 Å². The van der Waals surface area contributed by atoms with E-state index in [9.17, 15) is 13.2 Å². The zero-order valence-electron chi connectivity index (χ0n) is 14.6. The number of carbonyl (C=O) groups excluding carboxylic acids is 1. The summed E-state index contributed by atoms with van der Waals surface area (Å²) in [7, 11) is -1.54. The molecule has 2 N–H and O–H groups in total. The second kappa shape index (κ2) is 7.82. The second-order valence-corrected chi connectivity index (χ2v) is 8.72. The minimum absolute atomic E-state index is 0.0893. The Bertz CT molecular complexity index is 708. The third kappa shape index (κ3) is 4.58. The van der Waals surface area contributed by atoms with Crippen molar-refractivity contribution in [1.29, 1.82) is 0 Å². The van der Waals surface area contributed by atoms with E-state index in [1.165, 1.54) is 4.31 Å². The minimum atomic E-state index is -3.52. The van der Waals surface area contributed by atoms with E-state index in [1.807, 2.05) is 7.05 Å². The predicted molar refractivity (Wildman–Crippen MR) is 97.0 cm³/mol. The molecule has 2 aliphatic heterocycles. The molecule has 0 aliphatic carbocycles. The Labute approximate surface area is 149 Å². The maximum atomic E-state index is 12.8. The van der Waals surface area contributed by atoms with Gasteiger partial charge in [0.2, 0.25) is 15.9 Å². The van der Waals surface area contributed by atoms with E-state index >= 15 is 0 Å². The van der Waals surface area contributed by atoms with Gasteiger partial charge in [0, 0.05) is 44.3 Å². The van der Waals surface area contributed by atoms with E-state index in [-0.39, 0.29) is 16.8 Å². The Balaban J connectivity index is 1.67. The largest absolute Gasteiger partial charge is 0.326 e. The maximum absolute atomic E-state index is 12.8. The van der Waals surface area contributed by atoms with Crippen LogP contribution >= 0.6 is 0 Å². The molecule has 25 heavy (non-hydrogen) atoms. The molecule has 1 aromatic rings. The van der Waals surface area contributed by atoms with Crippen molar-refractivity contribution in [2.75, 3.05) is 45.1 Å². The molecule has 1 aromatic carbocycles. The second-order valence-electron chi connectivity index (χ2n) is 6.78. The monoisotopic (exact) mass is 366 g/mol. The average molecular weight is 366 g/mol. The zero-order chi connectivity index (χ0) is 17.9. The minimum Gasteiger partial charge on any atom is -0.326 e. The van der Waals surface area contributed by atoms with E-state index in [4.69, 9.17) is 0 Å². The summed E-state index contributed by atoms with van der Waals surface area (Å²) >= 11 is 0. The van der Waals surface area contributed by atoms with E-state index in [1.54, 1.807) is 24.3 Å². The lowest BCUT2D eigenvalue weighted by atomic mass is 10.1. The predicted octanol–water partition coefficient (Wildman–Crippen LogP) is 0.703. The molecule has 1 atom stereocenters. The van der Waals surface area contributed by atoms with Gasteiger partial charge in [-0.2, -0.15) is 4.31 Å². The van der Waals surface area contributed by atoms with E-state index < -0.39 is 10.0 Å². The third-order valence-electron chi connectivity index (χ3n) is 4.81. The highest BCUT2D eigenvalue weighted by atomic mass is 32.2. The smallest absolute Gasteiger partial charge is 0.243 e. The van der Waals surface area contributed by atoms with Crippen molar-refractivity contribution in [2.45, 2.75) is 30.2 Å². The average Bonchev–Trinajstić information content (AvgIpc) is 3.08. The number of anilines is 1. The van der Waals surface area contributed by atoms with Crippen LogP contribution in [0.4, 0.5) is 5.69 Å². The number of likely N-dealkylation sites (N-methyl/N-ethyl adjacent to an activating group) is 1. The Morgan fingerprint density at radius 2 is 2.04 bits per heavy atom. The van der Waals surface area contributed by atoms with Gasteiger partial charge >= 0.3 is 0 Å². The zero-order valence-corrected chi connectivity index (χ0v) is 15.4. The molecule has 7 nitrogen and oxygen atoms in total. The van der Waals surface area contributed by atoms with Gasteiger partial charge in [-0.05, 0) is 44.6 Å². The number of carbonyl (C=O) groups is 1. The first-order valence-corrected chi connectivity index (χ1v) is 10.2. The molecule has 0 aromatic heterocycles. The molecule has 0 spiro atoms. The van der Waals surface area contributed by atoms with Crippen LogP contribution < -0.4 is 10.6 Å². The Hall–Kier alpha value is -1.48. The topological polar surface area (TPSA) is 81.8 Å². The molecule has 1 unspecified atom stereocenters. The van der Waals surface area contributed by atoms with E-state index in [0.29, 0.717) is 25.2 Å². The highest BCUT2D eigenvalue weighted by molar-refractivity contribution is 7.89. The van der Waals surface area contributed by atoms with Gasteiger partial charge in [0.1, 0.15) is 0 Å².